The van der Waals surface area contributed by atoms with Crippen molar-refractivity contribution in [2.75, 3.05) is 0 Å². The molecular formula is C6H4NO. The molecule has 0 unspecified atom stereocenters. The number of nitrogens with zero attached hydrogens (tertiary/aromatic N) is 1. The molecule has 0 fully saturated rings. The molecule has 1 radical (unpaired) electrons. The molecule has 1 heterocycles. The molecule has 2 heteroatoms. The Kier molecular flexibility index (Phi) is 1.05. The first-order valence-corrected chi connectivity index (χ1v) is 2.21. The molecule has 0 saturated carbocycles. The highest BCUT2D eigenvalue weighted by atomic mass is 16.3. The fourth-order valence-electron chi connectivity index (χ4n) is 0.442. The Morgan fingerprint density at radius 1 is 1.88 bits per heavy atom. The zero-order valence-corrected chi connectivity index (χ0v) is 4.43. The molecule has 0 spiro atoms. The van der Waals surface area contributed by atoms with Crippen LogP contribution in [0.4, 0.5) is 0 Å². The molecule has 0 bridgehead atoms. The van der Waals surface area contributed by atoms with Crippen molar-refractivity contribution in [1.29, 1.82) is 5.26 Å². The van der Waals surface area contributed by atoms with Crippen LogP contribution in [0.1, 0.15) is 11.5 Å². The number of hydrogen-bond acceptors (Lipinski definition) is 2. The van der Waals surface area contributed by atoms with Crippen molar-refractivity contribution < 1.29 is 4.42 Å². The molecule has 1 aromatic heterocycles. The summed E-state index contributed by atoms with van der Waals surface area (Å²) in [4.78, 5) is 0. The molecule has 2 nitrogen and oxygen atoms in total. The lowest BCUT2D eigenvalue weighted by Gasteiger charge is -1.73. The minimum Gasteiger partial charge on any atom is -0.450 e. The zero-order chi connectivity index (χ0) is 5.98. The maximum atomic E-state index is 8.18. The third-order valence-corrected chi connectivity index (χ3v) is 0.771. The summed E-state index contributed by atoms with van der Waals surface area (Å²) in [5.74, 6) is 0.976. The summed E-state index contributed by atoms with van der Waals surface area (Å²) in [5, 5.41) is 8.18. The highest BCUT2D eigenvalue weighted by molar-refractivity contribution is 5.16. The van der Waals surface area contributed by atoms with Gasteiger partial charge in [-0.2, -0.15) is 5.26 Å². The first-order chi connectivity index (χ1) is 3.83. The van der Waals surface area contributed by atoms with Crippen LogP contribution in [0.15, 0.2) is 10.5 Å². The van der Waals surface area contributed by atoms with Gasteiger partial charge in [0.2, 0.25) is 5.76 Å². The van der Waals surface area contributed by atoms with Gasteiger partial charge >= 0.3 is 0 Å². The lowest BCUT2D eigenvalue weighted by Crippen LogP contribution is -1.58. The second kappa shape index (κ2) is 1.71. The molecule has 0 aliphatic heterocycles. The van der Waals surface area contributed by atoms with Crippen molar-refractivity contribution >= 4 is 0 Å². The van der Waals surface area contributed by atoms with E-state index >= 15 is 0 Å². The Labute approximate surface area is 47.3 Å². The second-order valence-corrected chi connectivity index (χ2v) is 1.44. The van der Waals surface area contributed by atoms with Crippen LogP contribution in [0.25, 0.3) is 0 Å². The Balaban J connectivity index is 3.05. The van der Waals surface area contributed by atoms with E-state index in [4.69, 9.17) is 9.68 Å². The summed E-state index contributed by atoms with van der Waals surface area (Å²) in [6.45, 7) is 1.78. The first kappa shape index (κ1) is 4.92. The fraction of sp³-hybridized carbons (Fsp3) is 0.167. The van der Waals surface area contributed by atoms with Gasteiger partial charge in [0.25, 0.3) is 0 Å². The summed E-state index contributed by atoms with van der Waals surface area (Å²) in [6, 6.07) is 6.09. The van der Waals surface area contributed by atoms with Gasteiger partial charge in [-0.05, 0) is 13.0 Å². The van der Waals surface area contributed by atoms with Gasteiger partial charge in [0.15, 0.2) is 0 Å². The minimum atomic E-state index is 0.252. The second-order valence-electron chi connectivity index (χ2n) is 1.44. The molecule has 0 saturated heterocycles. The average Bonchev–Trinajstić information content (AvgIpc) is 2.14. The molecule has 39 valence electrons. The number of rotatable bonds is 0. The Morgan fingerprint density at radius 3 is 2.88 bits per heavy atom. The van der Waals surface area contributed by atoms with Crippen LogP contribution >= 0.6 is 0 Å². The number of nitriles is 1. The number of hydrogen-bond donors (Lipinski definition) is 0. The summed E-state index contributed by atoms with van der Waals surface area (Å²) in [5.41, 5.74) is 0. The van der Waals surface area contributed by atoms with Crippen LogP contribution in [0.5, 0.6) is 0 Å². The summed E-state index contributed by atoms with van der Waals surface area (Å²) in [7, 11) is 0. The molecule has 0 aliphatic carbocycles. The van der Waals surface area contributed by atoms with Gasteiger partial charge in [-0.15, -0.1) is 0 Å². The molecule has 0 aromatic carbocycles. The van der Waals surface area contributed by atoms with Crippen LogP contribution in [0.3, 0.4) is 0 Å². The molecule has 8 heavy (non-hydrogen) atoms. The van der Waals surface area contributed by atoms with Crippen LogP contribution < -0.4 is 0 Å². The SMILES string of the molecule is Cc1c[c]c(C#N)o1. The Morgan fingerprint density at radius 2 is 2.62 bits per heavy atom. The lowest BCUT2D eigenvalue weighted by molar-refractivity contribution is 0.521. The Bertz CT molecular complexity index is 219. The molecular weight excluding hydrogens is 102 g/mol. The third-order valence-electron chi connectivity index (χ3n) is 0.771. The topological polar surface area (TPSA) is 36.9 Å². The number of furan rings is 1. The van der Waals surface area contributed by atoms with Gasteiger partial charge < -0.3 is 4.42 Å². The van der Waals surface area contributed by atoms with Crippen LogP contribution in [-0.4, -0.2) is 0 Å². The fourth-order valence-corrected chi connectivity index (χ4v) is 0.442. The van der Waals surface area contributed by atoms with Crippen molar-refractivity contribution in [2.24, 2.45) is 0 Å². The van der Waals surface area contributed by atoms with E-state index in [1.165, 1.54) is 0 Å². The molecule has 0 atom stereocenters. The van der Waals surface area contributed by atoms with Crippen molar-refractivity contribution in [3.8, 4) is 6.07 Å². The smallest absolute Gasteiger partial charge is 0.211 e. The van der Waals surface area contributed by atoms with Gasteiger partial charge in [0.1, 0.15) is 11.8 Å². The van der Waals surface area contributed by atoms with Gasteiger partial charge in [0.05, 0.1) is 0 Å². The average molecular weight is 106 g/mol. The van der Waals surface area contributed by atoms with E-state index in [-0.39, 0.29) is 5.76 Å². The van der Waals surface area contributed by atoms with Crippen LogP contribution in [-0.2, 0) is 0 Å². The maximum absolute atomic E-state index is 8.18. The molecule has 0 N–H and O–H groups in total. The minimum absolute atomic E-state index is 0.252. The third kappa shape index (κ3) is 0.710. The van der Waals surface area contributed by atoms with E-state index in [2.05, 4.69) is 6.07 Å². The highest BCUT2D eigenvalue weighted by Crippen LogP contribution is 2.01. The first-order valence-electron chi connectivity index (χ1n) is 2.21. The van der Waals surface area contributed by atoms with Crippen molar-refractivity contribution in [3.05, 3.63) is 23.7 Å². The van der Waals surface area contributed by atoms with Gasteiger partial charge in [-0.25, -0.2) is 0 Å². The predicted molar refractivity (Wildman–Crippen MR) is 27.0 cm³/mol. The van der Waals surface area contributed by atoms with E-state index in [1.807, 2.05) is 6.07 Å². The zero-order valence-electron chi connectivity index (χ0n) is 4.43. The molecule has 1 rings (SSSR count). The quantitative estimate of drug-likeness (QED) is 0.499. The normalized spacial score (nSPS) is 8.50. The molecule has 1 aromatic rings. The Hall–Kier alpha value is -1.23. The largest absolute Gasteiger partial charge is 0.450 e. The van der Waals surface area contributed by atoms with Crippen molar-refractivity contribution in [3.63, 3.8) is 0 Å². The molecule has 0 aliphatic rings. The standard InChI is InChI=1S/C6H4NO/c1-5-2-3-6(4-7)8-5/h2H,1H3. The van der Waals surface area contributed by atoms with E-state index in [9.17, 15) is 0 Å². The summed E-state index contributed by atoms with van der Waals surface area (Å²) >= 11 is 0. The lowest BCUT2D eigenvalue weighted by atomic mass is 10.5. The van der Waals surface area contributed by atoms with Gasteiger partial charge in [-0.3, -0.25) is 0 Å². The van der Waals surface area contributed by atoms with E-state index in [1.54, 1.807) is 13.0 Å². The monoisotopic (exact) mass is 106 g/mol. The van der Waals surface area contributed by atoms with Crippen LogP contribution in [0, 0.1) is 24.3 Å². The maximum Gasteiger partial charge on any atom is 0.211 e. The van der Waals surface area contributed by atoms with E-state index < -0.39 is 0 Å². The van der Waals surface area contributed by atoms with Crippen LogP contribution in [0.2, 0.25) is 0 Å². The van der Waals surface area contributed by atoms with Crippen molar-refractivity contribution in [1.82, 2.24) is 0 Å². The van der Waals surface area contributed by atoms with Gasteiger partial charge in [-0.1, -0.05) is 0 Å². The summed E-state index contributed by atoms with van der Waals surface area (Å²) < 4.78 is 4.82. The van der Waals surface area contributed by atoms with E-state index in [0.717, 1.165) is 5.76 Å². The van der Waals surface area contributed by atoms with Gasteiger partial charge in [0, 0.05) is 6.07 Å². The van der Waals surface area contributed by atoms with E-state index in [0.29, 0.717) is 0 Å². The summed E-state index contributed by atoms with van der Waals surface area (Å²) in [6.07, 6.45) is 0. The highest BCUT2D eigenvalue weighted by Gasteiger charge is 1.92. The predicted octanol–water partition coefficient (Wildman–Crippen LogP) is 1.26. The molecule has 0 amide bonds. The number of aryl methyl sites for hydroxylation is 1. The van der Waals surface area contributed by atoms with Crippen molar-refractivity contribution in [2.45, 2.75) is 6.92 Å².